The fraction of sp³-hybridized carbons (Fsp3) is 1.00. The third-order valence-electron chi connectivity index (χ3n) is 1.14. The second-order valence-electron chi connectivity index (χ2n) is 1.97. The van der Waals surface area contributed by atoms with E-state index in [1.807, 2.05) is 0 Å². The minimum atomic E-state index is 0.990. The largest absolute Gasteiger partial charge is 0.242 e. The maximum Gasteiger partial charge on any atom is 0.0133 e. The van der Waals surface area contributed by atoms with Crippen molar-refractivity contribution in [3.63, 3.8) is 0 Å². The summed E-state index contributed by atoms with van der Waals surface area (Å²) in [5.74, 6) is 0. The average Bonchev–Trinajstić information content (AvgIpc) is 1.81. The molecule has 8 heavy (non-hydrogen) atoms. The first-order chi connectivity index (χ1) is 3.91. The third-order valence-corrected chi connectivity index (χ3v) is 1.14. The van der Waals surface area contributed by atoms with Gasteiger partial charge in [0.1, 0.15) is 0 Å². The van der Waals surface area contributed by atoms with Crippen molar-refractivity contribution < 1.29 is 0 Å². The molecular weight excluding hydrogens is 98.1 g/mol. The Morgan fingerprint density at radius 2 is 1.88 bits per heavy atom. The second-order valence-corrected chi connectivity index (χ2v) is 1.97. The third kappa shape index (κ3) is 5.96. The van der Waals surface area contributed by atoms with Crippen LogP contribution in [0.15, 0.2) is 0 Å². The van der Waals surface area contributed by atoms with E-state index < -0.39 is 0 Å². The van der Waals surface area contributed by atoms with E-state index in [9.17, 15) is 0 Å². The number of unbranched alkanes of at least 4 members (excludes halogenated alkanes) is 2. The molecule has 0 amide bonds. The molecule has 49 valence electrons. The summed E-state index contributed by atoms with van der Waals surface area (Å²) in [4.78, 5) is 0. The average molecular weight is 114 g/mol. The van der Waals surface area contributed by atoms with Gasteiger partial charge in [-0.15, -0.1) is 0 Å². The molecule has 0 aliphatic heterocycles. The van der Waals surface area contributed by atoms with E-state index in [1.165, 1.54) is 19.3 Å². The summed E-state index contributed by atoms with van der Waals surface area (Å²) in [5, 5.41) is 4.21. The van der Waals surface area contributed by atoms with Gasteiger partial charge in [-0.3, -0.25) is 0 Å². The van der Waals surface area contributed by atoms with Gasteiger partial charge in [0.25, 0.3) is 0 Å². The van der Waals surface area contributed by atoms with Crippen molar-refractivity contribution in [3.8, 4) is 0 Å². The van der Waals surface area contributed by atoms with Gasteiger partial charge in [-0.25, -0.2) is 5.32 Å². The molecule has 0 unspecified atom stereocenters. The fourth-order valence-electron chi connectivity index (χ4n) is 0.632. The molecule has 0 bridgehead atoms. The molecular formula is C7H16N. The monoisotopic (exact) mass is 114 g/mol. The van der Waals surface area contributed by atoms with Crippen LogP contribution in [0.1, 0.15) is 33.1 Å². The van der Waals surface area contributed by atoms with Crippen LogP contribution in [0.3, 0.4) is 0 Å². The van der Waals surface area contributed by atoms with Crippen LogP contribution in [0, 0.1) is 0 Å². The topological polar surface area (TPSA) is 14.1 Å². The van der Waals surface area contributed by atoms with Crippen molar-refractivity contribution >= 4 is 0 Å². The first-order valence-corrected chi connectivity index (χ1v) is 3.55. The van der Waals surface area contributed by atoms with E-state index >= 15 is 0 Å². The molecule has 0 aromatic rings. The highest BCUT2D eigenvalue weighted by molar-refractivity contribution is 4.41. The molecule has 0 saturated heterocycles. The van der Waals surface area contributed by atoms with Crippen LogP contribution in [0.2, 0.25) is 0 Å². The molecule has 0 aromatic carbocycles. The minimum absolute atomic E-state index is 0.990. The normalized spacial score (nSPS) is 9.75. The van der Waals surface area contributed by atoms with Crippen LogP contribution in [-0.2, 0) is 0 Å². The van der Waals surface area contributed by atoms with Crippen LogP contribution in [0.4, 0.5) is 0 Å². The Hall–Kier alpha value is -0.0400. The molecule has 0 N–H and O–H groups in total. The van der Waals surface area contributed by atoms with Gasteiger partial charge in [-0.2, -0.15) is 0 Å². The summed E-state index contributed by atoms with van der Waals surface area (Å²) in [6, 6.07) is 0. The smallest absolute Gasteiger partial charge is 0.0133 e. The zero-order chi connectivity index (χ0) is 6.24. The molecule has 0 aliphatic rings. The van der Waals surface area contributed by atoms with E-state index in [-0.39, 0.29) is 0 Å². The van der Waals surface area contributed by atoms with Crippen LogP contribution in [-0.4, -0.2) is 13.1 Å². The van der Waals surface area contributed by atoms with Crippen LogP contribution < -0.4 is 5.32 Å². The molecule has 0 fully saturated rings. The fourth-order valence-corrected chi connectivity index (χ4v) is 0.632. The maximum atomic E-state index is 4.21. The Morgan fingerprint density at radius 1 is 1.12 bits per heavy atom. The number of hydrogen-bond acceptors (Lipinski definition) is 0. The first-order valence-electron chi connectivity index (χ1n) is 3.55. The van der Waals surface area contributed by atoms with Crippen molar-refractivity contribution in [1.82, 2.24) is 5.32 Å². The molecule has 0 atom stereocenters. The molecule has 0 saturated carbocycles. The quantitative estimate of drug-likeness (QED) is 0.484. The minimum Gasteiger partial charge on any atom is -0.242 e. The van der Waals surface area contributed by atoms with Gasteiger partial charge in [0.15, 0.2) is 0 Å². The Balaban J connectivity index is 2.53. The van der Waals surface area contributed by atoms with Gasteiger partial charge in [0, 0.05) is 13.1 Å². The van der Waals surface area contributed by atoms with Gasteiger partial charge in [-0.1, -0.05) is 26.7 Å². The highest BCUT2D eigenvalue weighted by atomic mass is 14.8. The zero-order valence-electron chi connectivity index (χ0n) is 5.98. The first kappa shape index (κ1) is 7.96. The van der Waals surface area contributed by atoms with Gasteiger partial charge in [0.2, 0.25) is 0 Å². The maximum absolute atomic E-state index is 4.21. The molecule has 0 heterocycles. The molecule has 0 rings (SSSR count). The number of rotatable bonds is 5. The molecule has 1 heteroatoms. The van der Waals surface area contributed by atoms with Gasteiger partial charge in [-0.05, 0) is 6.42 Å². The van der Waals surface area contributed by atoms with Gasteiger partial charge >= 0.3 is 0 Å². The van der Waals surface area contributed by atoms with E-state index in [2.05, 4.69) is 19.2 Å². The Morgan fingerprint density at radius 3 is 2.38 bits per heavy atom. The van der Waals surface area contributed by atoms with E-state index in [4.69, 9.17) is 0 Å². The van der Waals surface area contributed by atoms with Crippen LogP contribution in [0.25, 0.3) is 0 Å². The molecule has 0 spiro atoms. The summed E-state index contributed by atoms with van der Waals surface area (Å²) in [5.41, 5.74) is 0. The number of hydrogen-bond donors (Lipinski definition) is 0. The summed E-state index contributed by atoms with van der Waals surface area (Å²) >= 11 is 0. The summed E-state index contributed by atoms with van der Waals surface area (Å²) in [6.45, 7) is 6.37. The summed E-state index contributed by atoms with van der Waals surface area (Å²) in [7, 11) is 0. The van der Waals surface area contributed by atoms with Crippen molar-refractivity contribution in [2.45, 2.75) is 33.1 Å². The molecule has 0 aliphatic carbocycles. The standard InChI is InChI=1S/C7H16N/c1-3-5-6-7-8-4-2/h3-7H2,1-2H3. The summed E-state index contributed by atoms with van der Waals surface area (Å²) in [6.07, 6.45) is 3.92. The lowest BCUT2D eigenvalue weighted by molar-refractivity contribution is 0.624. The van der Waals surface area contributed by atoms with E-state index in [1.54, 1.807) is 0 Å². The lowest BCUT2D eigenvalue weighted by atomic mass is 10.2. The summed E-state index contributed by atoms with van der Waals surface area (Å²) < 4.78 is 0. The SMILES string of the molecule is CCCCC[N]CC. The Kier molecular flexibility index (Phi) is 6.93. The van der Waals surface area contributed by atoms with Crippen molar-refractivity contribution in [2.75, 3.05) is 13.1 Å². The highest BCUT2D eigenvalue weighted by Crippen LogP contribution is 1.90. The Bertz CT molecular complexity index is 29.4. The predicted molar refractivity (Wildman–Crippen MR) is 37.1 cm³/mol. The lowest BCUT2D eigenvalue weighted by Gasteiger charge is -1.94. The highest BCUT2D eigenvalue weighted by Gasteiger charge is 1.82. The predicted octanol–water partition coefficient (Wildman–Crippen LogP) is 1.80. The van der Waals surface area contributed by atoms with Crippen LogP contribution >= 0.6 is 0 Å². The van der Waals surface area contributed by atoms with Gasteiger partial charge in [0.05, 0.1) is 0 Å². The molecule has 1 nitrogen and oxygen atoms in total. The van der Waals surface area contributed by atoms with Crippen molar-refractivity contribution in [3.05, 3.63) is 0 Å². The van der Waals surface area contributed by atoms with Crippen LogP contribution in [0.5, 0.6) is 0 Å². The van der Waals surface area contributed by atoms with Crippen molar-refractivity contribution in [1.29, 1.82) is 0 Å². The molecule has 1 radical (unpaired) electrons. The Labute approximate surface area is 52.5 Å². The number of nitrogens with zero attached hydrogens (tertiary/aromatic N) is 1. The van der Waals surface area contributed by atoms with Gasteiger partial charge < -0.3 is 0 Å². The van der Waals surface area contributed by atoms with E-state index in [0.717, 1.165) is 13.1 Å². The van der Waals surface area contributed by atoms with Crippen molar-refractivity contribution in [2.24, 2.45) is 0 Å². The van der Waals surface area contributed by atoms with E-state index in [0.29, 0.717) is 0 Å². The zero-order valence-corrected chi connectivity index (χ0v) is 5.98. The molecule has 0 aromatic heterocycles. The lowest BCUT2D eigenvalue weighted by Crippen LogP contribution is -2.04. The second kappa shape index (κ2) is 6.96.